The minimum Gasteiger partial charge on any atom is -0.0843 e. The van der Waals surface area contributed by atoms with E-state index in [2.05, 4.69) is 189 Å². The van der Waals surface area contributed by atoms with Gasteiger partial charge in [-0.2, -0.15) is 0 Å². The average molecular weight is 862 g/mol. The number of hydrogen-bond donors (Lipinski definition) is 0. The van der Waals surface area contributed by atoms with E-state index in [0.29, 0.717) is 10.8 Å². The molecule has 8 rings (SSSR count). The van der Waals surface area contributed by atoms with Crippen LogP contribution in [0.2, 0.25) is 10.0 Å². The minimum absolute atomic E-state index is 0.473. The predicted octanol–water partition coefficient (Wildman–Crippen LogP) is 19.3. The third-order valence-electron chi connectivity index (χ3n) is 12.5. The average Bonchev–Trinajstić information content (AvgIpc) is 3.30. The quantitative estimate of drug-likeness (QED) is 0.143. The lowest BCUT2D eigenvalue weighted by molar-refractivity contribution is 0.321. The molecule has 0 radical (unpaired) electrons. The highest BCUT2D eigenvalue weighted by Gasteiger charge is 2.27. The van der Waals surface area contributed by atoms with E-state index < -0.39 is 0 Å². The summed E-state index contributed by atoms with van der Waals surface area (Å²) in [6.45, 7) is 18.5. The van der Waals surface area contributed by atoms with Crippen molar-refractivity contribution >= 4 is 34.3 Å². The van der Waals surface area contributed by atoms with Gasteiger partial charge in [0, 0.05) is 10.0 Å². The monoisotopic (exact) mass is 860 g/mol. The van der Waals surface area contributed by atoms with E-state index in [1.807, 2.05) is 24.3 Å². The van der Waals surface area contributed by atoms with Gasteiger partial charge < -0.3 is 0 Å². The van der Waals surface area contributed by atoms with E-state index in [4.69, 9.17) is 23.2 Å². The zero-order valence-electron chi connectivity index (χ0n) is 38.8. The fourth-order valence-electron chi connectivity index (χ4n) is 8.96. The molecule has 0 unspecified atom stereocenters. The Bertz CT molecular complexity index is 2330. The summed E-state index contributed by atoms with van der Waals surface area (Å²) in [7, 11) is 0. The van der Waals surface area contributed by atoms with Crippen LogP contribution in [0.15, 0.2) is 169 Å². The fourth-order valence-corrected chi connectivity index (χ4v) is 9.21. The molecule has 0 amide bonds. The van der Waals surface area contributed by atoms with Gasteiger partial charge in [-0.1, -0.05) is 223 Å². The van der Waals surface area contributed by atoms with Gasteiger partial charge >= 0.3 is 0 Å². The standard InChI is InChI=1S/C16H21Cl.C16H22.C14H13Cl.C14H14/c1-4-12-11-16(2,3)10-9-15(12)13-5-7-14(17)8-6-13;1-4-13-12-16(2,3)11-10-15(13)14-8-6-5-7-9-14;1-2-11-5-3-4-6-14(11)12-7-9-13(15)10-8-12;1-2-12-8-6-7-11-14(12)13-9-4-3-5-10-13/h5-8H,4,9-11H2,1-3H3;5-9H,4,10-12H2,1-3H3;3-10H,2H2,1H3;3-11H,2H2,1H3. The Morgan fingerprint density at radius 2 is 0.694 bits per heavy atom. The topological polar surface area (TPSA) is 0 Å². The molecular formula is C60H70Cl2. The number of halogens is 2. The molecule has 0 bridgehead atoms. The van der Waals surface area contributed by atoms with E-state index in [-0.39, 0.29) is 0 Å². The van der Waals surface area contributed by atoms with Gasteiger partial charge in [-0.05, 0) is 155 Å². The first-order chi connectivity index (χ1) is 29.9. The fraction of sp³-hybridized carbons (Fsp3) is 0.333. The summed E-state index contributed by atoms with van der Waals surface area (Å²) < 4.78 is 0. The predicted molar refractivity (Wildman–Crippen MR) is 275 cm³/mol. The molecule has 62 heavy (non-hydrogen) atoms. The normalized spacial score (nSPS) is 15.3. The molecule has 0 heterocycles. The molecule has 0 atom stereocenters. The summed E-state index contributed by atoms with van der Waals surface area (Å²) in [6.07, 6.45) is 12.1. The van der Waals surface area contributed by atoms with Gasteiger partial charge in [0.25, 0.3) is 0 Å². The van der Waals surface area contributed by atoms with E-state index in [1.165, 1.54) is 95.9 Å². The van der Waals surface area contributed by atoms with E-state index in [9.17, 15) is 0 Å². The first-order valence-electron chi connectivity index (χ1n) is 23.1. The molecule has 0 aliphatic heterocycles. The smallest absolute Gasteiger partial charge is 0.0406 e. The van der Waals surface area contributed by atoms with Crippen LogP contribution in [-0.2, 0) is 12.8 Å². The van der Waals surface area contributed by atoms with Gasteiger partial charge in [0.1, 0.15) is 0 Å². The third-order valence-corrected chi connectivity index (χ3v) is 13.0. The lowest BCUT2D eigenvalue weighted by atomic mass is 9.72. The highest BCUT2D eigenvalue weighted by atomic mass is 35.5. The summed E-state index contributed by atoms with van der Waals surface area (Å²) in [5.41, 5.74) is 18.2. The van der Waals surface area contributed by atoms with Crippen molar-refractivity contribution in [1.82, 2.24) is 0 Å². The van der Waals surface area contributed by atoms with Crippen molar-refractivity contribution in [3.05, 3.63) is 201 Å². The van der Waals surface area contributed by atoms with Crippen LogP contribution in [-0.4, -0.2) is 0 Å². The van der Waals surface area contributed by atoms with Crippen LogP contribution in [0.3, 0.4) is 0 Å². The maximum Gasteiger partial charge on any atom is 0.0406 e. The largest absolute Gasteiger partial charge is 0.0843 e. The van der Waals surface area contributed by atoms with Crippen molar-refractivity contribution in [3.63, 3.8) is 0 Å². The van der Waals surface area contributed by atoms with E-state index in [0.717, 1.165) is 22.9 Å². The number of hydrogen-bond acceptors (Lipinski definition) is 0. The highest BCUT2D eigenvalue weighted by Crippen LogP contribution is 2.44. The third kappa shape index (κ3) is 14.2. The first-order valence-corrected chi connectivity index (χ1v) is 23.8. The Kier molecular flexibility index (Phi) is 18.5. The van der Waals surface area contributed by atoms with Crippen LogP contribution >= 0.6 is 23.2 Å². The maximum atomic E-state index is 5.95. The molecule has 0 spiro atoms. The van der Waals surface area contributed by atoms with E-state index in [1.54, 1.807) is 22.3 Å². The Morgan fingerprint density at radius 1 is 0.371 bits per heavy atom. The Labute approximate surface area is 386 Å². The summed E-state index contributed by atoms with van der Waals surface area (Å²) in [5.74, 6) is 0. The number of aryl methyl sites for hydroxylation is 2. The molecule has 0 fully saturated rings. The maximum absolute atomic E-state index is 5.95. The first kappa shape index (κ1) is 48.4. The number of allylic oxidation sites excluding steroid dienone is 4. The van der Waals surface area contributed by atoms with Gasteiger partial charge in [-0.25, -0.2) is 0 Å². The second-order valence-electron chi connectivity index (χ2n) is 18.3. The number of benzene rings is 6. The van der Waals surface area contributed by atoms with Gasteiger partial charge in [0.15, 0.2) is 0 Å². The molecule has 2 heteroatoms. The molecule has 2 aliphatic rings. The number of rotatable bonds is 8. The molecule has 0 saturated heterocycles. The zero-order valence-corrected chi connectivity index (χ0v) is 40.3. The van der Waals surface area contributed by atoms with Crippen LogP contribution in [0, 0.1) is 10.8 Å². The molecule has 0 nitrogen and oxygen atoms in total. The Balaban J connectivity index is 0.000000156. The highest BCUT2D eigenvalue weighted by molar-refractivity contribution is 6.30. The van der Waals surface area contributed by atoms with Crippen LogP contribution in [0.4, 0.5) is 0 Å². The van der Waals surface area contributed by atoms with Crippen molar-refractivity contribution in [3.8, 4) is 22.3 Å². The van der Waals surface area contributed by atoms with Gasteiger partial charge in [-0.15, -0.1) is 0 Å². The Hall–Kier alpha value is -4.62. The molecular weight excluding hydrogens is 792 g/mol. The van der Waals surface area contributed by atoms with Crippen LogP contribution < -0.4 is 0 Å². The van der Waals surface area contributed by atoms with Gasteiger partial charge in [0.05, 0.1) is 0 Å². The van der Waals surface area contributed by atoms with Crippen LogP contribution in [0.1, 0.15) is 129 Å². The summed E-state index contributed by atoms with van der Waals surface area (Å²) in [6, 6.07) is 54.8. The van der Waals surface area contributed by atoms with E-state index >= 15 is 0 Å². The van der Waals surface area contributed by atoms with Crippen molar-refractivity contribution in [2.75, 3.05) is 0 Å². The molecule has 6 aromatic rings. The zero-order chi connectivity index (χ0) is 44.5. The van der Waals surface area contributed by atoms with Crippen LogP contribution in [0.25, 0.3) is 33.4 Å². The van der Waals surface area contributed by atoms with Crippen molar-refractivity contribution in [1.29, 1.82) is 0 Å². The lowest BCUT2D eigenvalue weighted by Crippen LogP contribution is -2.17. The molecule has 6 aromatic carbocycles. The van der Waals surface area contributed by atoms with Gasteiger partial charge in [-0.3, -0.25) is 0 Å². The lowest BCUT2D eigenvalue weighted by Gasteiger charge is -2.33. The molecule has 0 aromatic heterocycles. The minimum atomic E-state index is 0.473. The molecule has 2 aliphatic carbocycles. The van der Waals surface area contributed by atoms with Crippen molar-refractivity contribution < 1.29 is 0 Å². The van der Waals surface area contributed by atoms with Crippen molar-refractivity contribution in [2.45, 2.75) is 120 Å². The second-order valence-corrected chi connectivity index (χ2v) is 19.2. The molecule has 324 valence electrons. The molecule has 0 saturated carbocycles. The second kappa shape index (κ2) is 23.7. The van der Waals surface area contributed by atoms with Gasteiger partial charge in [0.2, 0.25) is 0 Å². The summed E-state index contributed by atoms with van der Waals surface area (Å²) >= 11 is 11.8. The Morgan fingerprint density at radius 3 is 1.08 bits per heavy atom. The summed E-state index contributed by atoms with van der Waals surface area (Å²) in [5, 5.41) is 1.61. The van der Waals surface area contributed by atoms with Crippen molar-refractivity contribution in [2.24, 2.45) is 10.8 Å². The van der Waals surface area contributed by atoms with Crippen LogP contribution in [0.5, 0.6) is 0 Å². The SMILES string of the molecule is CCC1=C(c2ccc(Cl)cc2)CCC(C)(C)C1.CCC1=C(c2ccccc2)CCC(C)(C)C1.CCc1ccccc1-c1ccc(Cl)cc1.CCc1ccccc1-c1ccccc1. The molecule has 0 N–H and O–H groups in total. The summed E-state index contributed by atoms with van der Waals surface area (Å²) in [4.78, 5) is 0.